The molecule has 0 radical (unpaired) electrons. The molecule has 28 heavy (non-hydrogen) atoms. The van der Waals surface area contributed by atoms with Crippen LogP contribution in [0.1, 0.15) is 47.1 Å². The summed E-state index contributed by atoms with van der Waals surface area (Å²) in [5.41, 5.74) is 0.136. The Hall–Kier alpha value is -2.29. The first-order valence-electron chi connectivity index (χ1n) is 8.82. The number of hydrogen-bond acceptors (Lipinski definition) is 5. The fourth-order valence-electron chi connectivity index (χ4n) is 3.14. The molecule has 0 aromatic carbocycles. The Morgan fingerprint density at radius 3 is 2.43 bits per heavy atom. The molecule has 0 saturated carbocycles. The molecule has 0 N–H and O–H groups in total. The van der Waals surface area contributed by atoms with Crippen LogP contribution < -0.4 is 4.90 Å². The molecule has 2 aromatic heterocycles. The zero-order valence-corrected chi connectivity index (χ0v) is 16.4. The molecule has 1 amide bonds. The van der Waals surface area contributed by atoms with E-state index in [1.165, 1.54) is 0 Å². The third-order valence-electron chi connectivity index (χ3n) is 4.64. The summed E-state index contributed by atoms with van der Waals surface area (Å²) in [6.45, 7) is 7.17. The van der Waals surface area contributed by atoms with Gasteiger partial charge in [0.15, 0.2) is 5.76 Å². The van der Waals surface area contributed by atoms with Gasteiger partial charge in [-0.3, -0.25) is 4.79 Å². The van der Waals surface area contributed by atoms with E-state index in [2.05, 4.69) is 10.1 Å². The summed E-state index contributed by atoms with van der Waals surface area (Å²) in [5.74, 6) is 0.702. The van der Waals surface area contributed by atoms with Crippen molar-refractivity contribution < 1.29 is 22.5 Å². The predicted molar refractivity (Wildman–Crippen MR) is 97.7 cm³/mol. The van der Waals surface area contributed by atoms with E-state index in [4.69, 9.17) is 16.1 Å². The van der Waals surface area contributed by atoms with Crippen molar-refractivity contribution in [1.82, 2.24) is 15.0 Å². The lowest BCUT2D eigenvalue weighted by atomic mass is 10.0. The second kappa shape index (κ2) is 7.62. The third-order valence-corrected chi connectivity index (χ3v) is 4.92. The van der Waals surface area contributed by atoms with Gasteiger partial charge < -0.3 is 14.3 Å². The molecular formula is C18H20ClF3N4O2. The maximum Gasteiger partial charge on any atom is 0.417 e. The molecule has 152 valence electrons. The molecule has 3 heterocycles. The lowest BCUT2D eigenvalue weighted by Gasteiger charge is -2.35. The van der Waals surface area contributed by atoms with Crippen LogP contribution in [0.15, 0.2) is 16.8 Å². The number of halogens is 4. The molecule has 0 bridgehead atoms. The fraction of sp³-hybridized carbons (Fsp3) is 0.500. The fourth-order valence-corrected chi connectivity index (χ4v) is 3.43. The minimum atomic E-state index is -4.50. The monoisotopic (exact) mass is 416 g/mol. The number of pyridine rings is 1. The van der Waals surface area contributed by atoms with Crippen LogP contribution in [-0.2, 0) is 6.18 Å². The molecule has 0 unspecified atom stereocenters. The molecule has 0 aliphatic carbocycles. The van der Waals surface area contributed by atoms with Crippen molar-refractivity contribution in [3.63, 3.8) is 0 Å². The number of nitrogens with zero attached hydrogens (tertiary/aromatic N) is 4. The molecule has 1 aliphatic rings. The van der Waals surface area contributed by atoms with Gasteiger partial charge >= 0.3 is 6.18 Å². The Balaban J connectivity index is 1.72. The maximum absolute atomic E-state index is 12.9. The minimum absolute atomic E-state index is 0.0246. The number of aryl methyl sites for hydroxylation is 1. The van der Waals surface area contributed by atoms with Gasteiger partial charge in [0.2, 0.25) is 0 Å². The van der Waals surface area contributed by atoms with Crippen LogP contribution in [0, 0.1) is 6.92 Å². The van der Waals surface area contributed by atoms with Crippen LogP contribution in [0.3, 0.4) is 0 Å². The second-order valence-electron chi connectivity index (χ2n) is 6.97. The standard InChI is InChI=1S/C18H20ClF3N4O2/c1-10(2)15-14(11(3)24-28-15)17(27)26-6-4-25(5-7-26)16-13(19)8-12(9-23-16)18(20,21)22/h8-10H,4-7H2,1-3H3. The smallest absolute Gasteiger partial charge is 0.360 e. The van der Waals surface area contributed by atoms with Crippen LogP contribution in [0.2, 0.25) is 5.02 Å². The van der Waals surface area contributed by atoms with Crippen molar-refractivity contribution in [3.8, 4) is 0 Å². The van der Waals surface area contributed by atoms with E-state index in [1.54, 1.807) is 16.7 Å². The molecule has 6 nitrogen and oxygen atoms in total. The highest BCUT2D eigenvalue weighted by Crippen LogP contribution is 2.34. The Kier molecular flexibility index (Phi) is 5.56. The van der Waals surface area contributed by atoms with Crippen molar-refractivity contribution in [2.24, 2.45) is 0 Å². The SMILES string of the molecule is Cc1noc(C(C)C)c1C(=O)N1CCN(c2ncc(C(F)(F)F)cc2Cl)CC1. The molecule has 1 fully saturated rings. The van der Waals surface area contributed by atoms with Gasteiger partial charge in [-0.05, 0) is 13.0 Å². The van der Waals surface area contributed by atoms with Gasteiger partial charge in [-0.25, -0.2) is 4.98 Å². The highest BCUT2D eigenvalue weighted by Gasteiger charge is 2.33. The highest BCUT2D eigenvalue weighted by molar-refractivity contribution is 6.33. The number of anilines is 1. The average molecular weight is 417 g/mol. The first-order chi connectivity index (χ1) is 13.1. The molecule has 0 atom stereocenters. The molecular weight excluding hydrogens is 397 g/mol. The van der Waals surface area contributed by atoms with Gasteiger partial charge in [-0.1, -0.05) is 30.6 Å². The largest absolute Gasteiger partial charge is 0.417 e. The van der Waals surface area contributed by atoms with Gasteiger partial charge in [0.25, 0.3) is 5.91 Å². The first-order valence-corrected chi connectivity index (χ1v) is 9.20. The summed E-state index contributed by atoms with van der Waals surface area (Å²) in [4.78, 5) is 20.3. The quantitative estimate of drug-likeness (QED) is 0.752. The number of carbonyl (C=O) groups is 1. The van der Waals surface area contributed by atoms with Crippen LogP contribution >= 0.6 is 11.6 Å². The third kappa shape index (κ3) is 3.94. The van der Waals surface area contributed by atoms with Crippen molar-refractivity contribution in [2.75, 3.05) is 31.1 Å². The summed E-state index contributed by atoms with van der Waals surface area (Å²) >= 11 is 6.02. The summed E-state index contributed by atoms with van der Waals surface area (Å²) in [5, 5.41) is 3.84. The summed E-state index contributed by atoms with van der Waals surface area (Å²) < 4.78 is 43.6. The first kappa shape index (κ1) is 20.4. The van der Waals surface area contributed by atoms with E-state index in [0.717, 1.165) is 12.3 Å². The molecule has 1 saturated heterocycles. The Labute approximate surface area is 165 Å². The van der Waals surface area contributed by atoms with Gasteiger partial charge in [0, 0.05) is 38.3 Å². The summed E-state index contributed by atoms with van der Waals surface area (Å²) in [6, 6.07) is 0.872. The van der Waals surface area contributed by atoms with Crippen molar-refractivity contribution in [2.45, 2.75) is 32.9 Å². The van der Waals surface area contributed by atoms with Gasteiger partial charge in [0.05, 0.1) is 16.3 Å². The second-order valence-corrected chi connectivity index (χ2v) is 7.38. The highest BCUT2D eigenvalue weighted by atomic mass is 35.5. The van der Waals surface area contributed by atoms with E-state index in [-0.39, 0.29) is 22.7 Å². The Morgan fingerprint density at radius 2 is 1.89 bits per heavy atom. The lowest BCUT2D eigenvalue weighted by molar-refractivity contribution is -0.137. The Morgan fingerprint density at radius 1 is 1.25 bits per heavy atom. The minimum Gasteiger partial charge on any atom is -0.360 e. The summed E-state index contributed by atoms with van der Waals surface area (Å²) in [7, 11) is 0. The molecule has 10 heteroatoms. The molecule has 1 aliphatic heterocycles. The van der Waals surface area contributed by atoms with Crippen molar-refractivity contribution in [1.29, 1.82) is 0 Å². The number of piperazine rings is 1. The zero-order valence-electron chi connectivity index (χ0n) is 15.7. The average Bonchev–Trinajstić information content (AvgIpc) is 3.02. The number of hydrogen-bond donors (Lipinski definition) is 0. The van der Waals surface area contributed by atoms with E-state index in [0.29, 0.717) is 43.2 Å². The number of alkyl halides is 3. The maximum atomic E-state index is 12.9. The van der Waals surface area contributed by atoms with Gasteiger partial charge in [0.1, 0.15) is 11.4 Å². The van der Waals surface area contributed by atoms with E-state index in [9.17, 15) is 18.0 Å². The molecule has 0 spiro atoms. The number of aromatic nitrogens is 2. The van der Waals surface area contributed by atoms with Gasteiger partial charge in [-0.15, -0.1) is 0 Å². The van der Waals surface area contributed by atoms with E-state index >= 15 is 0 Å². The van der Waals surface area contributed by atoms with Crippen LogP contribution in [0.4, 0.5) is 19.0 Å². The number of carbonyl (C=O) groups excluding carboxylic acids is 1. The molecule has 3 rings (SSSR count). The Bertz CT molecular complexity index is 874. The van der Waals surface area contributed by atoms with Crippen molar-refractivity contribution >= 4 is 23.3 Å². The normalized spacial score (nSPS) is 15.4. The van der Waals surface area contributed by atoms with Crippen LogP contribution in [-0.4, -0.2) is 47.1 Å². The summed E-state index contributed by atoms with van der Waals surface area (Å²) in [6.07, 6.45) is -3.72. The van der Waals surface area contributed by atoms with E-state index < -0.39 is 11.7 Å². The number of amides is 1. The topological polar surface area (TPSA) is 62.5 Å². The van der Waals surface area contributed by atoms with Crippen LogP contribution in [0.5, 0.6) is 0 Å². The van der Waals surface area contributed by atoms with Crippen molar-refractivity contribution in [3.05, 3.63) is 39.9 Å². The number of rotatable bonds is 3. The predicted octanol–water partition coefficient (Wildman–Crippen LogP) is 4.14. The van der Waals surface area contributed by atoms with E-state index in [1.807, 2.05) is 13.8 Å². The zero-order chi connectivity index (χ0) is 20.6. The molecule has 2 aromatic rings. The lowest BCUT2D eigenvalue weighted by Crippen LogP contribution is -2.49. The van der Waals surface area contributed by atoms with Gasteiger partial charge in [-0.2, -0.15) is 13.2 Å². The van der Waals surface area contributed by atoms with Crippen LogP contribution in [0.25, 0.3) is 0 Å².